The predicted octanol–water partition coefficient (Wildman–Crippen LogP) is 2.86. The summed E-state index contributed by atoms with van der Waals surface area (Å²) >= 11 is 0. The Morgan fingerprint density at radius 2 is 1.75 bits per heavy atom. The lowest BCUT2D eigenvalue weighted by atomic mass is 10.1. The average molecular weight is 437 g/mol. The second-order valence-corrected chi connectivity index (χ2v) is 9.51. The maximum atomic E-state index is 12.8. The standard InChI is InChI=1S/C26H36N4O2/c1-20(2)27-25(31)19-28-13-15-29(16-14-28)24-9-10-26(32)30(12-11-24)18-21-7-8-22-5-3-4-6-23(22)17-21/h3-8,17,20,24H,9-16,18-19H2,1-2H3,(H,27,31)/t24-/m1/s1. The lowest BCUT2D eigenvalue weighted by Gasteiger charge is -2.38. The lowest BCUT2D eigenvalue weighted by Crippen LogP contribution is -2.52. The van der Waals surface area contributed by atoms with Gasteiger partial charge in [-0.2, -0.15) is 0 Å². The Hall–Kier alpha value is -2.44. The largest absolute Gasteiger partial charge is 0.353 e. The number of amides is 2. The highest BCUT2D eigenvalue weighted by Gasteiger charge is 2.29. The Labute approximate surface area is 191 Å². The van der Waals surface area contributed by atoms with Gasteiger partial charge in [0, 0.05) is 57.8 Å². The van der Waals surface area contributed by atoms with Crippen LogP contribution in [0.15, 0.2) is 42.5 Å². The van der Waals surface area contributed by atoms with Crippen molar-refractivity contribution in [3.05, 3.63) is 48.0 Å². The Morgan fingerprint density at radius 1 is 1.00 bits per heavy atom. The molecule has 2 aromatic rings. The molecule has 2 saturated heterocycles. The van der Waals surface area contributed by atoms with Crippen LogP contribution in [-0.4, -0.2) is 77.9 Å². The van der Waals surface area contributed by atoms with Gasteiger partial charge in [0.25, 0.3) is 0 Å². The first-order chi connectivity index (χ1) is 15.5. The van der Waals surface area contributed by atoms with Gasteiger partial charge in [-0.15, -0.1) is 0 Å². The smallest absolute Gasteiger partial charge is 0.234 e. The average Bonchev–Trinajstić information content (AvgIpc) is 2.95. The molecule has 0 saturated carbocycles. The number of nitrogens with one attached hydrogen (secondary N) is 1. The summed E-state index contributed by atoms with van der Waals surface area (Å²) in [7, 11) is 0. The van der Waals surface area contributed by atoms with E-state index in [4.69, 9.17) is 0 Å². The molecule has 0 bridgehead atoms. The summed E-state index contributed by atoms with van der Waals surface area (Å²) in [6, 6.07) is 15.5. The molecule has 2 heterocycles. The van der Waals surface area contributed by atoms with Gasteiger partial charge < -0.3 is 10.2 Å². The molecule has 2 fully saturated rings. The van der Waals surface area contributed by atoms with Gasteiger partial charge in [0.1, 0.15) is 0 Å². The molecule has 172 valence electrons. The first-order valence-corrected chi connectivity index (χ1v) is 12.0. The van der Waals surface area contributed by atoms with Crippen LogP contribution >= 0.6 is 0 Å². The van der Waals surface area contributed by atoms with E-state index in [1.807, 2.05) is 18.7 Å². The van der Waals surface area contributed by atoms with Crippen LogP contribution in [0.25, 0.3) is 10.8 Å². The van der Waals surface area contributed by atoms with Crippen molar-refractivity contribution in [1.29, 1.82) is 0 Å². The van der Waals surface area contributed by atoms with Crippen molar-refractivity contribution in [1.82, 2.24) is 20.0 Å². The number of likely N-dealkylation sites (tertiary alicyclic amines) is 1. The Morgan fingerprint density at radius 3 is 2.50 bits per heavy atom. The van der Waals surface area contributed by atoms with Gasteiger partial charge in [0.05, 0.1) is 6.54 Å². The van der Waals surface area contributed by atoms with E-state index in [-0.39, 0.29) is 17.9 Å². The highest BCUT2D eigenvalue weighted by Crippen LogP contribution is 2.22. The Balaban J connectivity index is 1.28. The summed E-state index contributed by atoms with van der Waals surface area (Å²) in [5, 5.41) is 5.44. The van der Waals surface area contributed by atoms with Crippen LogP contribution in [0.5, 0.6) is 0 Å². The van der Waals surface area contributed by atoms with Crippen LogP contribution < -0.4 is 5.32 Å². The first-order valence-electron chi connectivity index (χ1n) is 12.0. The molecule has 1 atom stereocenters. The molecule has 2 aromatic carbocycles. The van der Waals surface area contributed by atoms with E-state index in [1.165, 1.54) is 16.3 Å². The Kier molecular flexibility index (Phi) is 7.43. The Bertz CT molecular complexity index is 936. The first kappa shape index (κ1) is 22.7. The number of hydrogen-bond donors (Lipinski definition) is 1. The number of piperazine rings is 1. The summed E-state index contributed by atoms with van der Waals surface area (Å²) in [5.74, 6) is 0.377. The predicted molar refractivity (Wildman–Crippen MR) is 128 cm³/mol. The van der Waals surface area contributed by atoms with Gasteiger partial charge in [-0.05, 0) is 49.1 Å². The van der Waals surface area contributed by atoms with Crippen molar-refractivity contribution in [3.63, 3.8) is 0 Å². The summed E-state index contributed by atoms with van der Waals surface area (Å²) < 4.78 is 0. The van der Waals surface area contributed by atoms with Crippen LogP contribution in [0, 0.1) is 0 Å². The molecule has 2 aliphatic heterocycles. The third-order valence-corrected chi connectivity index (χ3v) is 6.70. The number of fused-ring (bicyclic) bond motifs is 1. The number of carbonyl (C=O) groups excluding carboxylic acids is 2. The van der Waals surface area contributed by atoms with E-state index in [2.05, 4.69) is 57.6 Å². The van der Waals surface area contributed by atoms with Gasteiger partial charge in [-0.25, -0.2) is 0 Å². The molecule has 1 N–H and O–H groups in total. The van der Waals surface area contributed by atoms with Crippen molar-refractivity contribution in [2.24, 2.45) is 0 Å². The molecular formula is C26H36N4O2. The molecule has 6 nitrogen and oxygen atoms in total. The fourth-order valence-corrected chi connectivity index (χ4v) is 4.97. The van der Waals surface area contributed by atoms with Gasteiger partial charge in [-0.1, -0.05) is 36.4 Å². The zero-order chi connectivity index (χ0) is 22.5. The van der Waals surface area contributed by atoms with Crippen LogP contribution in [0.4, 0.5) is 0 Å². The normalized spacial score (nSPS) is 21.2. The molecule has 2 aliphatic rings. The monoisotopic (exact) mass is 436 g/mol. The van der Waals surface area contributed by atoms with Crippen molar-refractivity contribution in [2.75, 3.05) is 39.3 Å². The van der Waals surface area contributed by atoms with Crippen molar-refractivity contribution >= 4 is 22.6 Å². The molecule has 4 rings (SSSR count). The second kappa shape index (κ2) is 10.5. The van der Waals surface area contributed by atoms with Crippen molar-refractivity contribution in [3.8, 4) is 0 Å². The maximum absolute atomic E-state index is 12.8. The fraction of sp³-hybridized carbons (Fsp3) is 0.538. The topological polar surface area (TPSA) is 55.9 Å². The van der Waals surface area contributed by atoms with E-state index in [1.54, 1.807) is 0 Å². The van der Waals surface area contributed by atoms with E-state index in [0.29, 0.717) is 25.6 Å². The third-order valence-electron chi connectivity index (χ3n) is 6.70. The maximum Gasteiger partial charge on any atom is 0.234 e. The summed E-state index contributed by atoms with van der Waals surface area (Å²) in [4.78, 5) is 31.7. The minimum absolute atomic E-state index is 0.109. The zero-order valence-corrected chi connectivity index (χ0v) is 19.4. The fourth-order valence-electron chi connectivity index (χ4n) is 4.97. The molecular weight excluding hydrogens is 400 g/mol. The van der Waals surface area contributed by atoms with Crippen LogP contribution in [0.3, 0.4) is 0 Å². The van der Waals surface area contributed by atoms with E-state index < -0.39 is 0 Å². The van der Waals surface area contributed by atoms with E-state index in [0.717, 1.165) is 45.6 Å². The SMILES string of the molecule is CC(C)NC(=O)CN1CCN([C@@H]2CCC(=O)N(Cc3ccc4ccccc4c3)CC2)CC1. The third kappa shape index (κ3) is 5.87. The molecule has 0 aromatic heterocycles. The highest BCUT2D eigenvalue weighted by molar-refractivity contribution is 5.83. The molecule has 2 amide bonds. The van der Waals surface area contributed by atoms with Gasteiger partial charge in [0.15, 0.2) is 0 Å². The molecule has 0 unspecified atom stereocenters. The molecule has 32 heavy (non-hydrogen) atoms. The number of carbonyl (C=O) groups is 2. The quantitative estimate of drug-likeness (QED) is 0.757. The molecule has 0 aliphatic carbocycles. The van der Waals surface area contributed by atoms with Crippen LogP contribution in [-0.2, 0) is 16.1 Å². The van der Waals surface area contributed by atoms with Gasteiger partial charge in [-0.3, -0.25) is 19.4 Å². The number of nitrogens with zero attached hydrogens (tertiary/aromatic N) is 3. The number of benzene rings is 2. The molecule has 0 spiro atoms. The van der Waals surface area contributed by atoms with Crippen molar-refractivity contribution < 1.29 is 9.59 Å². The zero-order valence-electron chi connectivity index (χ0n) is 19.4. The summed E-state index contributed by atoms with van der Waals surface area (Å²) in [5.41, 5.74) is 1.20. The molecule has 0 radical (unpaired) electrons. The summed E-state index contributed by atoms with van der Waals surface area (Å²) in [6.07, 6.45) is 2.57. The summed E-state index contributed by atoms with van der Waals surface area (Å²) in [6.45, 7) is 9.74. The lowest BCUT2D eigenvalue weighted by molar-refractivity contribution is -0.131. The number of rotatable bonds is 6. The second-order valence-electron chi connectivity index (χ2n) is 9.51. The van der Waals surface area contributed by atoms with E-state index >= 15 is 0 Å². The molecule has 6 heteroatoms. The van der Waals surface area contributed by atoms with Crippen LogP contribution in [0.2, 0.25) is 0 Å². The minimum atomic E-state index is 0.109. The van der Waals surface area contributed by atoms with Crippen molar-refractivity contribution in [2.45, 2.75) is 51.7 Å². The van der Waals surface area contributed by atoms with Gasteiger partial charge in [0.2, 0.25) is 11.8 Å². The van der Waals surface area contributed by atoms with E-state index in [9.17, 15) is 9.59 Å². The van der Waals surface area contributed by atoms with Crippen LogP contribution in [0.1, 0.15) is 38.7 Å². The van der Waals surface area contributed by atoms with Gasteiger partial charge >= 0.3 is 0 Å². The highest BCUT2D eigenvalue weighted by atomic mass is 16.2. The minimum Gasteiger partial charge on any atom is -0.353 e. The number of hydrogen-bond acceptors (Lipinski definition) is 4.